The first-order valence-corrected chi connectivity index (χ1v) is 7.68. The van der Waals surface area contributed by atoms with E-state index in [1.54, 1.807) is 50.4 Å². The standard InChI is InChI=1S/C14H12O4.C6H6O2/c1-17-12-6-8-13(9-7-12)18-14(16)10-2-4-11(15)5-3-10;1-5-2-3-6(4-7)8-5/h2-9,15H,1H3;2-4H,1H3. The van der Waals surface area contributed by atoms with E-state index in [-0.39, 0.29) is 5.75 Å². The van der Waals surface area contributed by atoms with Crippen LogP contribution in [0.4, 0.5) is 0 Å². The fraction of sp³-hybridized carbons (Fsp3) is 0.100. The predicted octanol–water partition coefficient (Wildman–Crippen LogP) is 4.02. The van der Waals surface area contributed by atoms with E-state index in [0.29, 0.717) is 29.1 Å². The molecule has 0 radical (unpaired) electrons. The van der Waals surface area contributed by atoms with Crippen LogP contribution in [-0.2, 0) is 0 Å². The van der Waals surface area contributed by atoms with E-state index >= 15 is 0 Å². The summed E-state index contributed by atoms with van der Waals surface area (Å²) in [6, 6.07) is 16.0. The summed E-state index contributed by atoms with van der Waals surface area (Å²) in [6.45, 7) is 1.80. The number of aldehydes is 1. The molecule has 0 atom stereocenters. The maximum absolute atomic E-state index is 11.7. The zero-order chi connectivity index (χ0) is 18.9. The predicted molar refractivity (Wildman–Crippen MR) is 94.9 cm³/mol. The number of methoxy groups -OCH3 is 1. The lowest BCUT2D eigenvalue weighted by Gasteiger charge is -2.05. The van der Waals surface area contributed by atoms with E-state index < -0.39 is 5.97 Å². The third-order valence-corrected chi connectivity index (χ3v) is 3.25. The van der Waals surface area contributed by atoms with E-state index in [2.05, 4.69) is 0 Å². The topological polar surface area (TPSA) is 86.0 Å². The Morgan fingerprint density at radius 1 is 0.962 bits per heavy atom. The number of hydrogen-bond donors (Lipinski definition) is 1. The number of hydrogen-bond acceptors (Lipinski definition) is 6. The Hall–Kier alpha value is -3.54. The molecule has 0 fully saturated rings. The molecular formula is C20H18O6. The number of furan rings is 1. The SMILES string of the molecule is COc1ccc(OC(=O)c2ccc(O)cc2)cc1.Cc1ccc(C=O)o1. The third kappa shape index (κ3) is 5.52. The fourth-order valence-electron chi connectivity index (χ4n) is 1.92. The Bertz CT molecular complexity index is 847. The molecule has 1 heterocycles. The summed E-state index contributed by atoms with van der Waals surface area (Å²) in [6.07, 6.45) is 0.688. The van der Waals surface area contributed by atoms with Gasteiger partial charge in [-0.2, -0.15) is 0 Å². The summed E-state index contributed by atoms with van der Waals surface area (Å²) >= 11 is 0. The summed E-state index contributed by atoms with van der Waals surface area (Å²) in [5.41, 5.74) is 0.378. The van der Waals surface area contributed by atoms with Gasteiger partial charge in [-0.05, 0) is 67.6 Å². The van der Waals surface area contributed by atoms with Crippen molar-refractivity contribution in [2.45, 2.75) is 6.92 Å². The minimum absolute atomic E-state index is 0.107. The van der Waals surface area contributed by atoms with Gasteiger partial charge < -0.3 is 19.0 Å². The molecule has 134 valence electrons. The smallest absolute Gasteiger partial charge is 0.343 e. The molecule has 3 aromatic rings. The minimum Gasteiger partial charge on any atom is -0.508 e. The lowest BCUT2D eigenvalue weighted by Crippen LogP contribution is -2.07. The van der Waals surface area contributed by atoms with Crippen molar-refractivity contribution in [2.75, 3.05) is 7.11 Å². The summed E-state index contributed by atoms with van der Waals surface area (Å²) in [5, 5.41) is 9.12. The Labute approximate surface area is 150 Å². The van der Waals surface area contributed by atoms with Crippen molar-refractivity contribution < 1.29 is 28.6 Å². The van der Waals surface area contributed by atoms with Crippen molar-refractivity contribution in [1.82, 2.24) is 0 Å². The number of ether oxygens (including phenoxy) is 2. The van der Waals surface area contributed by atoms with Gasteiger partial charge in [-0.3, -0.25) is 4.79 Å². The zero-order valence-corrected chi connectivity index (χ0v) is 14.3. The average Bonchev–Trinajstić information content (AvgIpc) is 3.09. The molecule has 0 aliphatic heterocycles. The molecule has 1 aromatic heterocycles. The van der Waals surface area contributed by atoms with Crippen molar-refractivity contribution in [3.63, 3.8) is 0 Å². The number of carbonyl (C=O) groups is 2. The van der Waals surface area contributed by atoms with E-state index in [4.69, 9.17) is 19.0 Å². The van der Waals surface area contributed by atoms with E-state index in [9.17, 15) is 9.59 Å². The Kier molecular flexibility index (Phi) is 6.56. The van der Waals surface area contributed by atoms with Crippen molar-refractivity contribution in [1.29, 1.82) is 0 Å². The van der Waals surface area contributed by atoms with Crippen LogP contribution in [0.1, 0.15) is 26.7 Å². The molecule has 0 saturated heterocycles. The van der Waals surface area contributed by atoms with Crippen LogP contribution in [0.5, 0.6) is 17.2 Å². The number of phenols is 1. The quantitative estimate of drug-likeness (QED) is 0.433. The lowest BCUT2D eigenvalue weighted by atomic mass is 10.2. The number of rotatable bonds is 4. The zero-order valence-electron chi connectivity index (χ0n) is 14.3. The fourth-order valence-corrected chi connectivity index (χ4v) is 1.92. The molecule has 0 amide bonds. The van der Waals surface area contributed by atoms with Crippen LogP contribution in [0.15, 0.2) is 65.1 Å². The highest BCUT2D eigenvalue weighted by Crippen LogP contribution is 2.18. The van der Waals surface area contributed by atoms with Crippen LogP contribution in [0.25, 0.3) is 0 Å². The molecule has 1 N–H and O–H groups in total. The Morgan fingerprint density at radius 3 is 2.04 bits per heavy atom. The highest BCUT2D eigenvalue weighted by Gasteiger charge is 2.08. The first kappa shape index (κ1) is 18.8. The van der Waals surface area contributed by atoms with Gasteiger partial charge in [-0.15, -0.1) is 0 Å². The molecule has 0 saturated carbocycles. The van der Waals surface area contributed by atoms with Gasteiger partial charge in [-0.25, -0.2) is 4.79 Å². The second-order valence-electron chi connectivity index (χ2n) is 5.18. The Balaban J connectivity index is 0.000000254. The minimum atomic E-state index is -0.472. The normalized spacial score (nSPS) is 9.62. The van der Waals surface area contributed by atoms with Crippen LogP contribution in [0, 0.1) is 6.92 Å². The molecule has 0 unspecified atom stereocenters. The van der Waals surface area contributed by atoms with Crippen LogP contribution < -0.4 is 9.47 Å². The van der Waals surface area contributed by atoms with Crippen LogP contribution in [0.2, 0.25) is 0 Å². The maximum Gasteiger partial charge on any atom is 0.343 e. The molecule has 6 heteroatoms. The summed E-state index contributed by atoms with van der Waals surface area (Å²) in [4.78, 5) is 21.7. The van der Waals surface area contributed by atoms with Gasteiger partial charge in [0.1, 0.15) is 23.0 Å². The van der Waals surface area contributed by atoms with Gasteiger partial charge in [0.15, 0.2) is 12.0 Å². The molecule has 6 nitrogen and oxygen atoms in total. The third-order valence-electron chi connectivity index (χ3n) is 3.25. The first-order valence-electron chi connectivity index (χ1n) is 7.68. The Morgan fingerprint density at radius 2 is 1.58 bits per heavy atom. The lowest BCUT2D eigenvalue weighted by molar-refractivity contribution is 0.0734. The van der Waals surface area contributed by atoms with Crippen LogP contribution in [0.3, 0.4) is 0 Å². The summed E-state index contributed by atoms with van der Waals surface area (Å²) in [5.74, 6) is 1.93. The van der Waals surface area contributed by atoms with Crippen LogP contribution >= 0.6 is 0 Å². The maximum atomic E-state index is 11.7. The van der Waals surface area contributed by atoms with Crippen molar-refractivity contribution in [3.8, 4) is 17.2 Å². The van der Waals surface area contributed by atoms with E-state index in [1.807, 2.05) is 0 Å². The molecule has 2 aromatic carbocycles. The molecule has 0 spiro atoms. The van der Waals surface area contributed by atoms with Crippen LogP contribution in [-0.4, -0.2) is 24.5 Å². The average molecular weight is 354 g/mol. The van der Waals surface area contributed by atoms with Gasteiger partial charge in [0.2, 0.25) is 0 Å². The molecule has 0 aliphatic carbocycles. The molecule has 26 heavy (non-hydrogen) atoms. The van der Waals surface area contributed by atoms with Crippen molar-refractivity contribution in [2.24, 2.45) is 0 Å². The van der Waals surface area contributed by atoms with Gasteiger partial charge in [0.05, 0.1) is 12.7 Å². The summed E-state index contributed by atoms with van der Waals surface area (Å²) < 4.78 is 15.0. The van der Waals surface area contributed by atoms with Gasteiger partial charge in [-0.1, -0.05) is 0 Å². The second kappa shape index (κ2) is 9.08. The summed E-state index contributed by atoms with van der Waals surface area (Å²) in [7, 11) is 1.57. The molecule has 0 aliphatic rings. The monoisotopic (exact) mass is 354 g/mol. The van der Waals surface area contributed by atoms with Gasteiger partial charge in [0, 0.05) is 0 Å². The molecular weight excluding hydrogens is 336 g/mol. The highest BCUT2D eigenvalue weighted by atomic mass is 16.5. The number of aryl methyl sites for hydroxylation is 1. The molecule has 3 rings (SSSR count). The number of phenolic OH excluding ortho intramolecular Hbond substituents is 1. The van der Waals surface area contributed by atoms with E-state index in [1.165, 1.54) is 24.3 Å². The van der Waals surface area contributed by atoms with Crippen molar-refractivity contribution >= 4 is 12.3 Å². The number of aromatic hydroxyl groups is 1. The number of carbonyl (C=O) groups excluding carboxylic acids is 2. The van der Waals surface area contributed by atoms with Crippen molar-refractivity contribution in [3.05, 3.63) is 77.7 Å². The first-order chi connectivity index (χ1) is 12.5. The number of benzene rings is 2. The largest absolute Gasteiger partial charge is 0.508 e. The molecule has 0 bridgehead atoms. The van der Waals surface area contributed by atoms with Gasteiger partial charge >= 0.3 is 5.97 Å². The highest BCUT2D eigenvalue weighted by molar-refractivity contribution is 5.91. The second-order valence-corrected chi connectivity index (χ2v) is 5.18. The van der Waals surface area contributed by atoms with Gasteiger partial charge in [0.25, 0.3) is 0 Å². The number of esters is 1. The van der Waals surface area contributed by atoms with E-state index in [0.717, 1.165) is 5.76 Å².